The third-order valence-corrected chi connectivity index (χ3v) is 5.32. The zero-order valence-corrected chi connectivity index (χ0v) is 13.2. The molecule has 3 heteroatoms. The second kappa shape index (κ2) is 6.80. The molecule has 1 aromatic rings. The average molecular weight is 288 g/mol. The van der Waals surface area contributed by atoms with Crippen molar-refractivity contribution in [1.82, 2.24) is 4.90 Å². The predicted molar refractivity (Wildman–Crippen MR) is 86.3 cm³/mol. The Morgan fingerprint density at radius 1 is 1.19 bits per heavy atom. The van der Waals surface area contributed by atoms with Gasteiger partial charge in [0.1, 0.15) is 5.75 Å². The average Bonchev–Trinajstić information content (AvgIpc) is 3.17. The van der Waals surface area contributed by atoms with Crippen molar-refractivity contribution in [2.24, 2.45) is 11.7 Å². The summed E-state index contributed by atoms with van der Waals surface area (Å²) in [6, 6.07) is 7.32. The molecule has 1 aromatic carbocycles. The monoisotopic (exact) mass is 288 g/mol. The van der Waals surface area contributed by atoms with E-state index in [1.807, 2.05) is 0 Å². The van der Waals surface area contributed by atoms with Crippen LogP contribution in [0.1, 0.15) is 49.7 Å². The van der Waals surface area contributed by atoms with Crippen LogP contribution in [-0.2, 0) is 13.1 Å². The highest BCUT2D eigenvalue weighted by Gasteiger charge is 2.33. The van der Waals surface area contributed by atoms with Crippen LogP contribution in [0.2, 0.25) is 0 Å². The molecule has 21 heavy (non-hydrogen) atoms. The molecule has 0 spiro atoms. The molecular weight excluding hydrogens is 260 g/mol. The van der Waals surface area contributed by atoms with E-state index in [9.17, 15) is 0 Å². The van der Waals surface area contributed by atoms with Crippen LogP contribution in [0.5, 0.6) is 5.75 Å². The van der Waals surface area contributed by atoms with Gasteiger partial charge in [0, 0.05) is 24.7 Å². The third kappa shape index (κ3) is 3.24. The van der Waals surface area contributed by atoms with Crippen LogP contribution in [0, 0.1) is 5.92 Å². The van der Waals surface area contributed by atoms with Gasteiger partial charge in [0.25, 0.3) is 0 Å². The summed E-state index contributed by atoms with van der Waals surface area (Å²) in [5.41, 5.74) is 8.20. The van der Waals surface area contributed by atoms with Gasteiger partial charge in [-0.3, -0.25) is 4.90 Å². The van der Waals surface area contributed by atoms with E-state index in [0.717, 1.165) is 29.8 Å². The SMILES string of the molecule is COc1cc(CN2CCCC2C2CCCC2)ccc1CN. The molecule has 0 aromatic heterocycles. The quantitative estimate of drug-likeness (QED) is 0.903. The van der Waals surface area contributed by atoms with Gasteiger partial charge in [-0.15, -0.1) is 0 Å². The van der Waals surface area contributed by atoms with Crippen LogP contribution in [0.15, 0.2) is 18.2 Å². The molecular formula is C18H28N2O. The lowest BCUT2D eigenvalue weighted by atomic mass is 9.95. The maximum absolute atomic E-state index is 5.75. The molecule has 2 aliphatic rings. The lowest BCUT2D eigenvalue weighted by Gasteiger charge is -2.29. The van der Waals surface area contributed by atoms with Crippen LogP contribution < -0.4 is 10.5 Å². The fourth-order valence-corrected chi connectivity index (χ4v) is 4.21. The van der Waals surface area contributed by atoms with Crippen molar-refractivity contribution >= 4 is 0 Å². The van der Waals surface area contributed by atoms with E-state index in [0.29, 0.717) is 6.54 Å². The van der Waals surface area contributed by atoms with E-state index in [2.05, 4.69) is 23.1 Å². The molecule has 2 N–H and O–H groups in total. The standard InChI is InChI=1S/C18H28N2O/c1-21-18-11-14(8-9-16(18)12-19)13-20-10-4-7-17(20)15-5-2-3-6-15/h8-9,11,15,17H,2-7,10,12-13,19H2,1H3. The van der Waals surface area contributed by atoms with Gasteiger partial charge in [-0.1, -0.05) is 25.0 Å². The molecule has 1 aliphatic carbocycles. The highest BCUT2D eigenvalue weighted by molar-refractivity contribution is 5.37. The molecule has 0 bridgehead atoms. The highest BCUT2D eigenvalue weighted by Crippen LogP contribution is 2.36. The fourth-order valence-electron chi connectivity index (χ4n) is 4.21. The third-order valence-electron chi connectivity index (χ3n) is 5.32. The van der Waals surface area contributed by atoms with E-state index in [4.69, 9.17) is 10.5 Å². The van der Waals surface area contributed by atoms with E-state index < -0.39 is 0 Å². The number of rotatable bonds is 5. The zero-order chi connectivity index (χ0) is 14.7. The maximum Gasteiger partial charge on any atom is 0.123 e. The molecule has 0 amide bonds. The molecule has 1 heterocycles. The summed E-state index contributed by atoms with van der Waals surface area (Å²) in [6.07, 6.45) is 8.51. The molecule has 1 unspecified atom stereocenters. The first-order valence-corrected chi connectivity index (χ1v) is 8.41. The second-order valence-corrected chi connectivity index (χ2v) is 6.57. The Morgan fingerprint density at radius 2 is 2.00 bits per heavy atom. The van der Waals surface area contributed by atoms with E-state index in [1.165, 1.54) is 50.6 Å². The van der Waals surface area contributed by atoms with Crippen LogP contribution in [-0.4, -0.2) is 24.6 Å². The molecule has 2 fully saturated rings. The Labute approximate surface area is 128 Å². The van der Waals surface area contributed by atoms with Gasteiger partial charge in [0.2, 0.25) is 0 Å². The van der Waals surface area contributed by atoms with Crippen LogP contribution >= 0.6 is 0 Å². The topological polar surface area (TPSA) is 38.5 Å². The summed E-state index contributed by atoms with van der Waals surface area (Å²) in [5.74, 6) is 1.88. The zero-order valence-electron chi connectivity index (χ0n) is 13.2. The molecule has 0 radical (unpaired) electrons. The Kier molecular flexibility index (Phi) is 4.81. The smallest absolute Gasteiger partial charge is 0.123 e. The molecule has 1 saturated heterocycles. The number of nitrogens with two attached hydrogens (primary N) is 1. The normalized spacial score (nSPS) is 23.8. The van der Waals surface area contributed by atoms with Crippen molar-refractivity contribution in [2.45, 2.75) is 57.7 Å². The maximum atomic E-state index is 5.75. The largest absolute Gasteiger partial charge is 0.496 e. The van der Waals surface area contributed by atoms with Gasteiger partial charge in [-0.2, -0.15) is 0 Å². The molecule has 3 nitrogen and oxygen atoms in total. The van der Waals surface area contributed by atoms with Crippen LogP contribution in [0.3, 0.4) is 0 Å². The molecule has 1 saturated carbocycles. The van der Waals surface area contributed by atoms with Gasteiger partial charge in [-0.25, -0.2) is 0 Å². The number of ether oxygens (including phenoxy) is 1. The Bertz CT molecular complexity index is 468. The van der Waals surface area contributed by atoms with Crippen molar-refractivity contribution in [2.75, 3.05) is 13.7 Å². The van der Waals surface area contributed by atoms with Gasteiger partial charge in [0.05, 0.1) is 7.11 Å². The van der Waals surface area contributed by atoms with E-state index in [1.54, 1.807) is 7.11 Å². The lowest BCUT2D eigenvalue weighted by molar-refractivity contribution is 0.183. The number of benzene rings is 1. The molecule has 3 rings (SSSR count). The van der Waals surface area contributed by atoms with Crippen molar-refractivity contribution < 1.29 is 4.74 Å². The van der Waals surface area contributed by atoms with Gasteiger partial charge < -0.3 is 10.5 Å². The molecule has 1 atom stereocenters. The van der Waals surface area contributed by atoms with Crippen molar-refractivity contribution in [3.63, 3.8) is 0 Å². The molecule has 1 aliphatic heterocycles. The van der Waals surface area contributed by atoms with Gasteiger partial charge in [0.15, 0.2) is 0 Å². The lowest BCUT2D eigenvalue weighted by Crippen LogP contribution is -2.34. The van der Waals surface area contributed by atoms with Crippen LogP contribution in [0.25, 0.3) is 0 Å². The second-order valence-electron chi connectivity index (χ2n) is 6.57. The summed E-state index contributed by atoms with van der Waals surface area (Å²) >= 11 is 0. The fraction of sp³-hybridized carbons (Fsp3) is 0.667. The summed E-state index contributed by atoms with van der Waals surface area (Å²) < 4.78 is 5.47. The summed E-state index contributed by atoms with van der Waals surface area (Å²) in [6.45, 7) is 2.85. The summed E-state index contributed by atoms with van der Waals surface area (Å²) in [5, 5.41) is 0. The van der Waals surface area contributed by atoms with Crippen molar-refractivity contribution in [3.05, 3.63) is 29.3 Å². The number of nitrogens with zero attached hydrogens (tertiary/aromatic N) is 1. The Balaban J connectivity index is 1.70. The van der Waals surface area contributed by atoms with E-state index >= 15 is 0 Å². The van der Waals surface area contributed by atoms with Gasteiger partial charge >= 0.3 is 0 Å². The van der Waals surface area contributed by atoms with Crippen molar-refractivity contribution in [3.8, 4) is 5.75 Å². The summed E-state index contributed by atoms with van der Waals surface area (Å²) in [4.78, 5) is 2.70. The Hall–Kier alpha value is -1.06. The first-order chi connectivity index (χ1) is 10.3. The first-order valence-electron chi connectivity index (χ1n) is 8.41. The number of methoxy groups -OCH3 is 1. The minimum atomic E-state index is 0.540. The minimum absolute atomic E-state index is 0.540. The number of likely N-dealkylation sites (tertiary alicyclic amines) is 1. The van der Waals surface area contributed by atoms with E-state index in [-0.39, 0.29) is 0 Å². The Morgan fingerprint density at radius 3 is 2.71 bits per heavy atom. The first kappa shape index (κ1) is 14.9. The minimum Gasteiger partial charge on any atom is -0.496 e. The van der Waals surface area contributed by atoms with Gasteiger partial charge in [-0.05, 0) is 49.8 Å². The predicted octanol–water partition coefficient (Wildman–Crippen LogP) is 3.31. The summed E-state index contributed by atoms with van der Waals surface area (Å²) in [7, 11) is 1.73. The number of hydrogen-bond donors (Lipinski definition) is 1. The molecule has 116 valence electrons. The number of hydrogen-bond acceptors (Lipinski definition) is 3. The highest BCUT2D eigenvalue weighted by atomic mass is 16.5. The van der Waals surface area contributed by atoms with Crippen LogP contribution in [0.4, 0.5) is 0 Å². The van der Waals surface area contributed by atoms with Crippen molar-refractivity contribution in [1.29, 1.82) is 0 Å².